The van der Waals surface area contributed by atoms with Crippen LogP contribution in [-0.4, -0.2) is 37.0 Å². The fraction of sp³-hybridized carbons (Fsp3) is 0.714. The number of Topliss-reactive ketones (excluding diaryl/α,β-unsaturated/α-hetero) is 1. The molecule has 0 aliphatic carbocycles. The molecule has 0 spiro atoms. The Labute approximate surface area is 71.4 Å². The van der Waals surface area contributed by atoms with E-state index in [4.69, 9.17) is 5.73 Å². The average Bonchev–Trinajstić information content (AvgIpc) is 2.00. The Morgan fingerprint density at radius 3 is 2.42 bits per heavy atom. The van der Waals surface area contributed by atoms with Gasteiger partial charge in [0.25, 0.3) is 5.91 Å². The van der Waals surface area contributed by atoms with E-state index in [2.05, 4.69) is 4.84 Å². The summed E-state index contributed by atoms with van der Waals surface area (Å²) in [5.74, 6) is -0.506. The molecule has 0 aromatic heterocycles. The number of carbonyl (C=O) groups is 2. The van der Waals surface area contributed by atoms with E-state index < -0.39 is 11.9 Å². The molecule has 0 aromatic rings. The third-order valence-electron chi connectivity index (χ3n) is 1.41. The van der Waals surface area contributed by atoms with Crippen molar-refractivity contribution in [2.45, 2.75) is 19.4 Å². The molecule has 0 radical (unpaired) electrons. The summed E-state index contributed by atoms with van der Waals surface area (Å²) in [5.41, 5.74) is 5.40. The van der Waals surface area contributed by atoms with Gasteiger partial charge in [0.15, 0.2) is 0 Å². The Kier molecular flexibility index (Phi) is 4.46. The minimum atomic E-state index is -0.799. The summed E-state index contributed by atoms with van der Waals surface area (Å²) in [5, 5.41) is 1.01. The number of hydroxylamine groups is 2. The highest BCUT2D eigenvalue weighted by Crippen LogP contribution is 1.95. The Morgan fingerprint density at radius 1 is 1.58 bits per heavy atom. The first-order valence-corrected chi connectivity index (χ1v) is 3.55. The molecule has 0 saturated carbocycles. The van der Waals surface area contributed by atoms with Gasteiger partial charge >= 0.3 is 0 Å². The molecule has 2 N–H and O–H groups in total. The maximum atomic E-state index is 11.1. The van der Waals surface area contributed by atoms with Crippen LogP contribution in [0.25, 0.3) is 0 Å². The summed E-state index contributed by atoms with van der Waals surface area (Å²) in [6, 6.07) is -0.799. The molecule has 0 aliphatic rings. The van der Waals surface area contributed by atoms with E-state index >= 15 is 0 Å². The van der Waals surface area contributed by atoms with Crippen LogP contribution in [0.4, 0.5) is 0 Å². The van der Waals surface area contributed by atoms with Gasteiger partial charge < -0.3 is 5.73 Å². The molecule has 1 atom stereocenters. The summed E-state index contributed by atoms with van der Waals surface area (Å²) in [6.45, 7) is 1.39. The molecule has 0 fully saturated rings. The summed E-state index contributed by atoms with van der Waals surface area (Å²) in [4.78, 5) is 26.3. The van der Waals surface area contributed by atoms with Gasteiger partial charge in [0.2, 0.25) is 0 Å². The zero-order valence-electron chi connectivity index (χ0n) is 7.53. The summed E-state index contributed by atoms with van der Waals surface area (Å²) >= 11 is 0. The van der Waals surface area contributed by atoms with Crippen molar-refractivity contribution in [2.75, 3.05) is 14.2 Å². The van der Waals surface area contributed by atoms with E-state index in [1.54, 1.807) is 0 Å². The van der Waals surface area contributed by atoms with Crippen molar-refractivity contribution in [3.63, 3.8) is 0 Å². The number of rotatable bonds is 4. The van der Waals surface area contributed by atoms with Crippen molar-refractivity contribution in [2.24, 2.45) is 5.73 Å². The van der Waals surface area contributed by atoms with E-state index in [0.717, 1.165) is 5.06 Å². The highest BCUT2D eigenvalue weighted by molar-refractivity contribution is 5.87. The van der Waals surface area contributed by atoms with Crippen LogP contribution in [-0.2, 0) is 14.4 Å². The molecular formula is C7H14N2O3. The van der Waals surface area contributed by atoms with Gasteiger partial charge in [-0.05, 0) is 6.92 Å². The lowest BCUT2D eigenvalue weighted by Gasteiger charge is -2.17. The van der Waals surface area contributed by atoms with E-state index in [1.165, 1.54) is 21.1 Å². The number of hydrogen-bond donors (Lipinski definition) is 1. The predicted molar refractivity (Wildman–Crippen MR) is 43.1 cm³/mol. The van der Waals surface area contributed by atoms with Crippen molar-refractivity contribution >= 4 is 11.7 Å². The number of ketones is 1. The van der Waals surface area contributed by atoms with Gasteiger partial charge in [-0.3, -0.25) is 14.4 Å². The molecule has 0 heterocycles. The zero-order chi connectivity index (χ0) is 9.72. The second-order valence-electron chi connectivity index (χ2n) is 2.53. The van der Waals surface area contributed by atoms with Crippen molar-refractivity contribution in [1.82, 2.24) is 5.06 Å². The molecule has 0 aromatic carbocycles. The van der Waals surface area contributed by atoms with Gasteiger partial charge in [0.1, 0.15) is 5.78 Å². The van der Waals surface area contributed by atoms with Crippen LogP contribution in [0.15, 0.2) is 0 Å². The zero-order valence-corrected chi connectivity index (χ0v) is 7.53. The van der Waals surface area contributed by atoms with Crippen LogP contribution < -0.4 is 5.73 Å². The van der Waals surface area contributed by atoms with Crippen LogP contribution >= 0.6 is 0 Å². The van der Waals surface area contributed by atoms with Crippen LogP contribution in [0.2, 0.25) is 0 Å². The van der Waals surface area contributed by atoms with Crippen LogP contribution in [0.3, 0.4) is 0 Å². The third kappa shape index (κ3) is 3.45. The monoisotopic (exact) mass is 174 g/mol. The number of amides is 1. The highest BCUT2D eigenvalue weighted by atomic mass is 16.7. The molecule has 0 aliphatic heterocycles. The Hall–Kier alpha value is -0.940. The van der Waals surface area contributed by atoms with Crippen LogP contribution in [0.5, 0.6) is 0 Å². The second-order valence-corrected chi connectivity index (χ2v) is 2.53. The highest BCUT2D eigenvalue weighted by Gasteiger charge is 2.19. The topological polar surface area (TPSA) is 72.6 Å². The lowest BCUT2D eigenvalue weighted by molar-refractivity contribution is -0.170. The quantitative estimate of drug-likeness (QED) is 0.573. The lowest BCUT2D eigenvalue weighted by atomic mass is 10.1. The second kappa shape index (κ2) is 4.84. The first-order valence-electron chi connectivity index (χ1n) is 3.55. The predicted octanol–water partition coefficient (Wildman–Crippen LogP) is -0.687. The Bertz CT molecular complexity index is 181. The minimum absolute atomic E-state index is 0.0481. The Balaban J connectivity index is 4.01. The molecule has 5 heteroatoms. The van der Waals surface area contributed by atoms with Gasteiger partial charge in [0, 0.05) is 13.5 Å². The summed E-state index contributed by atoms with van der Waals surface area (Å²) in [6.07, 6.45) is 0.0481. The number of likely N-dealkylation sites (N-methyl/N-ethyl adjacent to an activating group) is 1. The molecule has 0 rings (SSSR count). The standard InChI is InChI=1S/C7H14N2O3/c1-5(10)4-6(8)7(11)9(2)12-3/h6H,4,8H2,1-3H3/t6-/m0/s1. The van der Waals surface area contributed by atoms with Gasteiger partial charge in [-0.15, -0.1) is 0 Å². The Morgan fingerprint density at radius 2 is 2.08 bits per heavy atom. The smallest absolute Gasteiger partial charge is 0.263 e. The lowest BCUT2D eigenvalue weighted by Crippen LogP contribution is -2.42. The molecule has 0 saturated heterocycles. The number of carbonyl (C=O) groups excluding carboxylic acids is 2. The van der Waals surface area contributed by atoms with E-state index in [-0.39, 0.29) is 12.2 Å². The van der Waals surface area contributed by atoms with E-state index in [0.29, 0.717) is 0 Å². The van der Waals surface area contributed by atoms with Gasteiger partial charge in [-0.1, -0.05) is 0 Å². The molecular weight excluding hydrogens is 160 g/mol. The summed E-state index contributed by atoms with van der Waals surface area (Å²) < 4.78 is 0. The van der Waals surface area contributed by atoms with E-state index in [9.17, 15) is 9.59 Å². The minimum Gasteiger partial charge on any atom is -0.319 e. The largest absolute Gasteiger partial charge is 0.319 e. The summed E-state index contributed by atoms with van der Waals surface area (Å²) in [7, 11) is 2.81. The first kappa shape index (κ1) is 11.1. The maximum Gasteiger partial charge on any atom is 0.263 e. The third-order valence-corrected chi connectivity index (χ3v) is 1.41. The van der Waals surface area contributed by atoms with Crippen molar-refractivity contribution in [3.8, 4) is 0 Å². The molecule has 12 heavy (non-hydrogen) atoms. The molecule has 0 bridgehead atoms. The molecule has 70 valence electrons. The van der Waals surface area contributed by atoms with Crippen LogP contribution in [0, 0.1) is 0 Å². The maximum absolute atomic E-state index is 11.1. The average molecular weight is 174 g/mol. The van der Waals surface area contributed by atoms with Crippen molar-refractivity contribution < 1.29 is 14.4 Å². The fourth-order valence-electron chi connectivity index (χ4n) is 0.720. The van der Waals surface area contributed by atoms with Crippen LogP contribution in [0.1, 0.15) is 13.3 Å². The van der Waals surface area contributed by atoms with Gasteiger partial charge in [0.05, 0.1) is 13.2 Å². The number of nitrogens with zero attached hydrogens (tertiary/aromatic N) is 1. The molecule has 0 unspecified atom stereocenters. The van der Waals surface area contributed by atoms with Crippen molar-refractivity contribution in [3.05, 3.63) is 0 Å². The van der Waals surface area contributed by atoms with Gasteiger partial charge in [-0.25, -0.2) is 5.06 Å². The van der Waals surface area contributed by atoms with Crippen molar-refractivity contribution in [1.29, 1.82) is 0 Å². The number of hydrogen-bond acceptors (Lipinski definition) is 4. The fourth-order valence-corrected chi connectivity index (χ4v) is 0.720. The van der Waals surface area contributed by atoms with E-state index in [1.807, 2.05) is 0 Å². The number of nitrogens with two attached hydrogens (primary N) is 1. The van der Waals surface area contributed by atoms with Gasteiger partial charge in [-0.2, -0.15) is 0 Å². The first-order chi connectivity index (χ1) is 5.49. The molecule has 1 amide bonds. The SMILES string of the molecule is CON(C)C(=O)[C@@H](N)CC(C)=O. The molecule has 5 nitrogen and oxygen atoms in total. The normalized spacial score (nSPS) is 12.3.